The highest BCUT2D eigenvalue weighted by Crippen LogP contribution is 2.19. The maximum atomic E-state index is 11.6. The van der Waals surface area contributed by atoms with Gasteiger partial charge < -0.3 is 14.2 Å². The molecule has 2 heterocycles. The van der Waals surface area contributed by atoms with Crippen LogP contribution in [0, 0.1) is 0 Å². The lowest BCUT2D eigenvalue weighted by atomic mass is 10.2. The molecule has 0 saturated heterocycles. The summed E-state index contributed by atoms with van der Waals surface area (Å²) in [6.45, 7) is 4.32. The van der Waals surface area contributed by atoms with Crippen LogP contribution in [0.2, 0.25) is 0 Å². The summed E-state index contributed by atoms with van der Waals surface area (Å²) in [6.07, 6.45) is 1.57. The molecule has 0 spiro atoms. The molecular formula is C12H15N3O3S. The number of amides is 1. The van der Waals surface area contributed by atoms with Gasteiger partial charge in [0.15, 0.2) is 0 Å². The van der Waals surface area contributed by atoms with E-state index in [-0.39, 0.29) is 17.6 Å². The van der Waals surface area contributed by atoms with E-state index in [2.05, 4.69) is 15.5 Å². The Morgan fingerprint density at radius 3 is 2.95 bits per heavy atom. The minimum Gasteiger partial charge on any atom is -0.467 e. The molecule has 1 N–H and O–H groups in total. The van der Waals surface area contributed by atoms with Crippen LogP contribution in [0.5, 0.6) is 0 Å². The molecule has 2 aromatic rings. The molecule has 2 aromatic heterocycles. The molecular weight excluding hydrogens is 266 g/mol. The van der Waals surface area contributed by atoms with E-state index in [0.717, 1.165) is 5.76 Å². The van der Waals surface area contributed by atoms with Crippen molar-refractivity contribution in [2.24, 2.45) is 0 Å². The highest BCUT2D eigenvalue weighted by Gasteiger charge is 2.11. The van der Waals surface area contributed by atoms with E-state index in [9.17, 15) is 4.79 Å². The minimum atomic E-state index is -0.106. The standard InChI is InChI=1S/C12H15N3O3S/c1-8(2)11-14-15-12(18-11)19-7-10(16)13-6-9-4-3-5-17-9/h3-5,8H,6-7H2,1-2H3,(H,13,16). The quantitative estimate of drug-likeness (QED) is 0.817. The first-order valence-corrected chi connectivity index (χ1v) is 6.89. The molecule has 0 saturated carbocycles. The number of thioether (sulfide) groups is 1. The van der Waals surface area contributed by atoms with Crippen LogP contribution in [-0.2, 0) is 11.3 Å². The van der Waals surface area contributed by atoms with Gasteiger partial charge in [0.05, 0.1) is 18.6 Å². The number of carbonyl (C=O) groups excluding carboxylic acids is 1. The number of rotatable bonds is 6. The van der Waals surface area contributed by atoms with Crippen molar-refractivity contribution in [1.29, 1.82) is 0 Å². The lowest BCUT2D eigenvalue weighted by Gasteiger charge is -2.01. The third-order valence-corrected chi connectivity index (χ3v) is 3.10. The molecule has 0 aliphatic heterocycles. The van der Waals surface area contributed by atoms with Crippen LogP contribution in [0.4, 0.5) is 0 Å². The van der Waals surface area contributed by atoms with Crippen molar-refractivity contribution in [2.45, 2.75) is 31.5 Å². The van der Waals surface area contributed by atoms with E-state index < -0.39 is 0 Å². The summed E-state index contributed by atoms with van der Waals surface area (Å²) >= 11 is 1.22. The van der Waals surface area contributed by atoms with Crippen LogP contribution < -0.4 is 5.32 Å². The van der Waals surface area contributed by atoms with Gasteiger partial charge in [0.1, 0.15) is 5.76 Å². The van der Waals surface area contributed by atoms with E-state index in [1.54, 1.807) is 18.4 Å². The third-order valence-electron chi connectivity index (χ3n) is 2.28. The highest BCUT2D eigenvalue weighted by molar-refractivity contribution is 7.99. The normalized spacial score (nSPS) is 10.9. The summed E-state index contributed by atoms with van der Waals surface area (Å²) < 4.78 is 10.5. The van der Waals surface area contributed by atoms with Crippen molar-refractivity contribution in [3.63, 3.8) is 0 Å². The summed E-state index contributed by atoms with van der Waals surface area (Å²) in [5, 5.41) is 10.9. The lowest BCUT2D eigenvalue weighted by Crippen LogP contribution is -2.24. The van der Waals surface area contributed by atoms with Crippen LogP contribution in [0.3, 0.4) is 0 Å². The Kier molecular flexibility index (Phi) is 4.62. The summed E-state index contributed by atoms with van der Waals surface area (Å²) in [7, 11) is 0. The van der Waals surface area contributed by atoms with Gasteiger partial charge in [-0.2, -0.15) is 0 Å². The predicted octanol–water partition coefficient (Wildman–Crippen LogP) is 2.19. The van der Waals surface area contributed by atoms with Gasteiger partial charge in [-0.05, 0) is 12.1 Å². The zero-order valence-corrected chi connectivity index (χ0v) is 11.6. The van der Waals surface area contributed by atoms with Crippen LogP contribution in [-0.4, -0.2) is 21.9 Å². The molecule has 0 unspecified atom stereocenters. The molecule has 0 fully saturated rings. The van der Waals surface area contributed by atoms with Crippen LogP contribution in [0.1, 0.15) is 31.4 Å². The van der Waals surface area contributed by atoms with Gasteiger partial charge in [-0.3, -0.25) is 4.79 Å². The summed E-state index contributed by atoms with van der Waals surface area (Å²) in [5.41, 5.74) is 0. The number of nitrogens with one attached hydrogen (secondary N) is 1. The molecule has 19 heavy (non-hydrogen) atoms. The molecule has 0 radical (unpaired) electrons. The fraction of sp³-hybridized carbons (Fsp3) is 0.417. The van der Waals surface area contributed by atoms with Crippen molar-refractivity contribution in [3.8, 4) is 0 Å². The van der Waals surface area contributed by atoms with Crippen LogP contribution >= 0.6 is 11.8 Å². The number of aromatic nitrogens is 2. The second kappa shape index (κ2) is 6.42. The number of hydrogen-bond acceptors (Lipinski definition) is 6. The molecule has 0 bridgehead atoms. The summed E-state index contributed by atoms with van der Waals surface area (Å²) in [5.74, 6) is 1.62. The van der Waals surface area contributed by atoms with Gasteiger partial charge in [0.2, 0.25) is 11.8 Å². The first-order valence-electron chi connectivity index (χ1n) is 5.90. The van der Waals surface area contributed by atoms with Crippen LogP contribution in [0.15, 0.2) is 32.5 Å². The fourth-order valence-electron chi connectivity index (χ4n) is 1.29. The van der Waals surface area contributed by atoms with E-state index >= 15 is 0 Å². The Bertz CT molecular complexity index is 522. The lowest BCUT2D eigenvalue weighted by molar-refractivity contribution is -0.118. The van der Waals surface area contributed by atoms with Crippen molar-refractivity contribution in [3.05, 3.63) is 30.0 Å². The Balaban J connectivity index is 1.73. The average Bonchev–Trinajstić information content (AvgIpc) is 3.05. The second-order valence-corrected chi connectivity index (χ2v) is 5.13. The maximum absolute atomic E-state index is 11.6. The zero-order chi connectivity index (χ0) is 13.7. The Labute approximate surface area is 115 Å². The first-order chi connectivity index (χ1) is 9.15. The number of furan rings is 1. The average molecular weight is 281 g/mol. The largest absolute Gasteiger partial charge is 0.467 e. The zero-order valence-electron chi connectivity index (χ0n) is 10.8. The molecule has 2 rings (SSSR count). The van der Waals surface area contributed by atoms with E-state index in [0.29, 0.717) is 17.7 Å². The molecule has 0 aliphatic carbocycles. The minimum absolute atomic E-state index is 0.106. The van der Waals surface area contributed by atoms with E-state index in [1.807, 2.05) is 13.8 Å². The van der Waals surface area contributed by atoms with Crippen molar-refractivity contribution in [2.75, 3.05) is 5.75 Å². The van der Waals surface area contributed by atoms with Gasteiger partial charge in [0.25, 0.3) is 5.22 Å². The van der Waals surface area contributed by atoms with E-state index in [1.165, 1.54) is 11.8 Å². The first kappa shape index (κ1) is 13.7. The van der Waals surface area contributed by atoms with Gasteiger partial charge in [-0.25, -0.2) is 0 Å². The topological polar surface area (TPSA) is 81.2 Å². The fourth-order valence-corrected chi connectivity index (χ4v) is 1.89. The molecule has 102 valence electrons. The third kappa shape index (κ3) is 4.13. The Morgan fingerprint density at radius 2 is 2.32 bits per heavy atom. The highest BCUT2D eigenvalue weighted by atomic mass is 32.2. The molecule has 0 aliphatic rings. The van der Waals surface area contributed by atoms with Crippen LogP contribution in [0.25, 0.3) is 0 Å². The molecule has 0 aromatic carbocycles. The van der Waals surface area contributed by atoms with Crippen molar-refractivity contribution >= 4 is 17.7 Å². The monoisotopic (exact) mass is 281 g/mol. The smallest absolute Gasteiger partial charge is 0.277 e. The Morgan fingerprint density at radius 1 is 1.47 bits per heavy atom. The molecule has 6 nitrogen and oxygen atoms in total. The number of nitrogens with zero attached hydrogens (tertiary/aromatic N) is 2. The van der Waals surface area contributed by atoms with E-state index in [4.69, 9.17) is 8.83 Å². The van der Waals surface area contributed by atoms with Gasteiger partial charge in [0, 0.05) is 5.92 Å². The second-order valence-electron chi connectivity index (χ2n) is 4.21. The van der Waals surface area contributed by atoms with Crippen molar-refractivity contribution in [1.82, 2.24) is 15.5 Å². The van der Waals surface area contributed by atoms with Gasteiger partial charge >= 0.3 is 0 Å². The van der Waals surface area contributed by atoms with Gasteiger partial charge in [-0.15, -0.1) is 10.2 Å². The Hall–Kier alpha value is -1.76. The number of carbonyl (C=O) groups is 1. The SMILES string of the molecule is CC(C)c1nnc(SCC(=O)NCc2ccco2)o1. The molecule has 7 heteroatoms. The van der Waals surface area contributed by atoms with Gasteiger partial charge in [-0.1, -0.05) is 25.6 Å². The summed E-state index contributed by atoms with van der Waals surface area (Å²) in [6, 6.07) is 3.59. The molecule has 0 atom stereocenters. The summed E-state index contributed by atoms with van der Waals surface area (Å²) in [4.78, 5) is 11.6. The number of hydrogen-bond donors (Lipinski definition) is 1. The maximum Gasteiger partial charge on any atom is 0.277 e. The molecule has 1 amide bonds. The predicted molar refractivity (Wildman–Crippen MR) is 69.7 cm³/mol. The van der Waals surface area contributed by atoms with Crippen molar-refractivity contribution < 1.29 is 13.6 Å².